The van der Waals surface area contributed by atoms with Crippen molar-refractivity contribution in [1.82, 2.24) is 0 Å². The molecule has 0 radical (unpaired) electrons. The molecule has 1 aromatic rings. The first kappa shape index (κ1) is 17.1. The first-order chi connectivity index (χ1) is 9.33. The van der Waals surface area contributed by atoms with Gasteiger partial charge in [-0.05, 0) is 48.3 Å². The second-order valence-corrected chi connectivity index (χ2v) is 6.68. The Morgan fingerprint density at radius 2 is 1.15 bits per heavy atom. The molecule has 1 aromatic carbocycles. The standard InChI is InChI=1S/C19H33N/c1-9-20(10-2)19-17(14(5)6)11-16(13(3)4)12-18(19)15(7)8/h11-15H,9-10H2,1-8H3. The minimum Gasteiger partial charge on any atom is -0.372 e. The smallest absolute Gasteiger partial charge is 0.0436 e. The molecule has 0 bridgehead atoms. The van der Waals surface area contributed by atoms with E-state index in [1.54, 1.807) is 0 Å². The fourth-order valence-corrected chi connectivity index (χ4v) is 2.82. The van der Waals surface area contributed by atoms with Crippen LogP contribution >= 0.6 is 0 Å². The Kier molecular flexibility index (Phi) is 6.10. The molecule has 0 heterocycles. The van der Waals surface area contributed by atoms with Crippen molar-refractivity contribution in [3.8, 4) is 0 Å². The summed E-state index contributed by atoms with van der Waals surface area (Å²) in [6, 6.07) is 4.88. The molecule has 1 nitrogen and oxygen atoms in total. The maximum absolute atomic E-state index is 2.52. The van der Waals surface area contributed by atoms with Gasteiger partial charge in [-0.1, -0.05) is 53.7 Å². The molecule has 0 fully saturated rings. The molecule has 0 aromatic heterocycles. The Morgan fingerprint density at radius 1 is 0.750 bits per heavy atom. The molecule has 0 amide bonds. The van der Waals surface area contributed by atoms with Crippen molar-refractivity contribution >= 4 is 5.69 Å². The zero-order chi connectivity index (χ0) is 15.4. The third-order valence-electron chi connectivity index (χ3n) is 4.18. The summed E-state index contributed by atoms with van der Waals surface area (Å²) >= 11 is 0. The SMILES string of the molecule is CCN(CC)c1c(C(C)C)cc(C(C)C)cc1C(C)C. The summed E-state index contributed by atoms with van der Waals surface area (Å²) in [5, 5.41) is 0. The van der Waals surface area contributed by atoms with E-state index < -0.39 is 0 Å². The molecule has 1 rings (SSSR count). The Labute approximate surface area is 126 Å². The first-order valence-electron chi connectivity index (χ1n) is 8.26. The van der Waals surface area contributed by atoms with E-state index in [2.05, 4.69) is 72.4 Å². The van der Waals surface area contributed by atoms with Crippen molar-refractivity contribution < 1.29 is 0 Å². The molecule has 0 unspecified atom stereocenters. The summed E-state index contributed by atoms with van der Waals surface area (Å²) < 4.78 is 0. The number of benzene rings is 1. The van der Waals surface area contributed by atoms with E-state index in [0.717, 1.165) is 13.1 Å². The molecule has 0 saturated heterocycles. The highest BCUT2D eigenvalue weighted by atomic mass is 15.1. The lowest BCUT2D eigenvalue weighted by atomic mass is 9.87. The van der Waals surface area contributed by atoms with E-state index in [4.69, 9.17) is 0 Å². The van der Waals surface area contributed by atoms with Gasteiger partial charge in [-0.25, -0.2) is 0 Å². The largest absolute Gasteiger partial charge is 0.372 e. The fraction of sp³-hybridized carbons (Fsp3) is 0.684. The highest BCUT2D eigenvalue weighted by molar-refractivity contribution is 5.63. The summed E-state index contributed by atoms with van der Waals surface area (Å²) in [7, 11) is 0. The highest BCUT2D eigenvalue weighted by Gasteiger charge is 2.20. The molecule has 0 spiro atoms. The van der Waals surface area contributed by atoms with Crippen LogP contribution in [0.4, 0.5) is 5.69 Å². The van der Waals surface area contributed by atoms with Crippen LogP contribution in [0.2, 0.25) is 0 Å². The van der Waals surface area contributed by atoms with Crippen LogP contribution in [0.5, 0.6) is 0 Å². The monoisotopic (exact) mass is 275 g/mol. The zero-order valence-corrected chi connectivity index (χ0v) is 14.7. The minimum atomic E-state index is 0.571. The molecule has 0 N–H and O–H groups in total. The van der Waals surface area contributed by atoms with Gasteiger partial charge >= 0.3 is 0 Å². The van der Waals surface area contributed by atoms with Crippen LogP contribution in [-0.2, 0) is 0 Å². The molecule has 114 valence electrons. The van der Waals surface area contributed by atoms with Crippen LogP contribution in [0, 0.1) is 0 Å². The van der Waals surface area contributed by atoms with E-state index in [1.807, 2.05) is 0 Å². The molecule has 1 heteroatoms. The summed E-state index contributed by atoms with van der Waals surface area (Å²) in [6.07, 6.45) is 0. The predicted octanol–water partition coefficient (Wildman–Crippen LogP) is 5.90. The highest BCUT2D eigenvalue weighted by Crippen LogP contribution is 2.38. The lowest BCUT2D eigenvalue weighted by molar-refractivity contribution is 0.770. The Morgan fingerprint density at radius 3 is 1.40 bits per heavy atom. The van der Waals surface area contributed by atoms with Gasteiger partial charge < -0.3 is 4.90 Å². The van der Waals surface area contributed by atoms with Gasteiger partial charge in [0, 0.05) is 18.8 Å². The molecule has 0 saturated carbocycles. The van der Waals surface area contributed by atoms with Crippen LogP contribution < -0.4 is 4.90 Å². The topological polar surface area (TPSA) is 3.24 Å². The van der Waals surface area contributed by atoms with Gasteiger partial charge in [0.05, 0.1) is 0 Å². The number of hydrogen-bond acceptors (Lipinski definition) is 1. The second-order valence-electron chi connectivity index (χ2n) is 6.68. The quantitative estimate of drug-likeness (QED) is 0.624. The van der Waals surface area contributed by atoms with Crippen LogP contribution in [0.25, 0.3) is 0 Å². The van der Waals surface area contributed by atoms with Crippen molar-refractivity contribution in [1.29, 1.82) is 0 Å². The van der Waals surface area contributed by atoms with Gasteiger partial charge in [-0.15, -0.1) is 0 Å². The van der Waals surface area contributed by atoms with Gasteiger partial charge in [0.2, 0.25) is 0 Å². The second kappa shape index (κ2) is 7.15. The number of hydrogen-bond donors (Lipinski definition) is 0. The van der Waals surface area contributed by atoms with E-state index >= 15 is 0 Å². The van der Waals surface area contributed by atoms with E-state index in [-0.39, 0.29) is 0 Å². The van der Waals surface area contributed by atoms with E-state index in [9.17, 15) is 0 Å². The van der Waals surface area contributed by atoms with Gasteiger partial charge in [-0.3, -0.25) is 0 Å². The molecular formula is C19H33N. The first-order valence-corrected chi connectivity index (χ1v) is 8.26. The molecule has 0 aliphatic heterocycles. The molecular weight excluding hydrogens is 242 g/mol. The summed E-state index contributed by atoms with van der Waals surface area (Å²) in [5.41, 5.74) is 6.00. The van der Waals surface area contributed by atoms with E-state index in [0.29, 0.717) is 17.8 Å². The molecule has 0 aliphatic carbocycles. The van der Waals surface area contributed by atoms with Crippen LogP contribution in [0.15, 0.2) is 12.1 Å². The maximum atomic E-state index is 2.52. The minimum absolute atomic E-state index is 0.571. The van der Waals surface area contributed by atoms with Gasteiger partial charge in [0.15, 0.2) is 0 Å². The number of rotatable bonds is 6. The van der Waals surface area contributed by atoms with Crippen molar-refractivity contribution in [3.05, 3.63) is 28.8 Å². The van der Waals surface area contributed by atoms with E-state index in [1.165, 1.54) is 22.4 Å². The number of nitrogens with zero attached hydrogens (tertiary/aromatic N) is 1. The zero-order valence-electron chi connectivity index (χ0n) is 14.7. The molecule has 20 heavy (non-hydrogen) atoms. The van der Waals surface area contributed by atoms with Gasteiger partial charge in [0.25, 0.3) is 0 Å². The number of anilines is 1. The predicted molar refractivity (Wildman–Crippen MR) is 92.3 cm³/mol. The van der Waals surface area contributed by atoms with Crippen LogP contribution in [0.3, 0.4) is 0 Å². The van der Waals surface area contributed by atoms with Crippen LogP contribution in [0.1, 0.15) is 89.8 Å². The van der Waals surface area contributed by atoms with Gasteiger partial charge in [0.1, 0.15) is 0 Å². The lowest BCUT2D eigenvalue weighted by Gasteiger charge is -2.31. The normalized spacial score (nSPS) is 11.8. The average molecular weight is 275 g/mol. The summed E-state index contributed by atoms with van der Waals surface area (Å²) in [6.45, 7) is 20.5. The third-order valence-corrected chi connectivity index (χ3v) is 4.18. The van der Waals surface area contributed by atoms with Crippen molar-refractivity contribution in [2.75, 3.05) is 18.0 Å². The van der Waals surface area contributed by atoms with Crippen molar-refractivity contribution in [3.63, 3.8) is 0 Å². The van der Waals surface area contributed by atoms with Gasteiger partial charge in [-0.2, -0.15) is 0 Å². The maximum Gasteiger partial charge on any atom is 0.0436 e. The fourth-order valence-electron chi connectivity index (χ4n) is 2.82. The Bertz CT molecular complexity index is 396. The van der Waals surface area contributed by atoms with Crippen molar-refractivity contribution in [2.45, 2.75) is 73.1 Å². The average Bonchev–Trinajstić information content (AvgIpc) is 2.39. The molecule has 0 atom stereocenters. The molecule has 0 aliphatic rings. The summed E-state index contributed by atoms with van der Waals surface area (Å²) in [4.78, 5) is 2.52. The summed E-state index contributed by atoms with van der Waals surface area (Å²) in [5.74, 6) is 1.74. The van der Waals surface area contributed by atoms with Crippen LogP contribution in [-0.4, -0.2) is 13.1 Å². The van der Waals surface area contributed by atoms with Crippen molar-refractivity contribution in [2.24, 2.45) is 0 Å². The third kappa shape index (κ3) is 3.56. The Balaban J connectivity index is 3.58. The Hall–Kier alpha value is -0.980. The lowest BCUT2D eigenvalue weighted by Crippen LogP contribution is -2.25.